The molecule has 0 radical (unpaired) electrons. The quantitative estimate of drug-likeness (QED) is 0.895. The summed E-state index contributed by atoms with van der Waals surface area (Å²) in [7, 11) is 0. The molecule has 1 heterocycles. The number of nitrogens with two attached hydrogens (primary N) is 1. The van der Waals surface area contributed by atoms with Crippen LogP contribution in [-0.4, -0.2) is 19.3 Å². The first kappa shape index (κ1) is 13.3. The Bertz CT molecular complexity index is 369. The van der Waals surface area contributed by atoms with E-state index in [9.17, 15) is 0 Å². The predicted molar refractivity (Wildman–Crippen MR) is 74.2 cm³/mol. The van der Waals surface area contributed by atoms with E-state index < -0.39 is 0 Å². The second-order valence-corrected chi connectivity index (χ2v) is 5.76. The van der Waals surface area contributed by atoms with Crippen LogP contribution in [0.2, 0.25) is 0 Å². The van der Waals surface area contributed by atoms with Gasteiger partial charge in [-0.15, -0.1) is 0 Å². The Morgan fingerprint density at radius 2 is 2.06 bits per heavy atom. The van der Waals surface area contributed by atoms with Gasteiger partial charge in [0.25, 0.3) is 0 Å². The first-order chi connectivity index (χ1) is 8.20. The molecule has 94 valence electrons. The van der Waals surface area contributed by atoms with Crippen molar-refractivity contribution in [3.63, 3.8) is 0 Å². The number of rotatable bonds is 3. The molecule has 2 rings (SSSR count). The Kier molecular flexibility index (Phi) is 4.85. The van der Waals surface area contributed by atoms with Gasteiger partial charge >= 0.3 is 0 Å². The van der Waals surface area contributed by atoms with Crippen LogP contribution in [-0.2, 0) is 11.3 Å². The van der Waals surface area contributed by atoms with Gasteiger partial charge in [0.15, 0.2) is 0 Å². The predicted octanol–water partition coefficient (Wildman–Crippen LogP) is 3.23. The maximum absolute atomic E-state index is 5.96. The van der Waals surface area contributed by atoms with Crippen molar-refractivity contribution >= 4 is 31.9 Å². The molecule has 1 aliphatic rings. The summed E-state index contributed by atoms with van der Waals surface area (Å²) in [5.41, 5.74) is 6.69. The third-order valence-corrected chi connectivity index (χ3v) is 3.87. The maximum Gasteiger partial charge on any atom is 0.148 e. The lowest BCUT2D eigenvalue weighted by Crippen LogP contribution is -2.28. The lowest BCUT2D eigenvalue weighted by atomic mass is 10.1. The molecule has 2 N–H and O–H groups in total. The molecule has 5 heteroatoms. The van der Waals surface area contributed by atoms with E-state index in [-0.39, 0.29) is 6.10 Å². The Hall–Kier alpha value is -0.100. The molecule has 0 aliphatic carbocycles. The monoisotopic (exact) mass is 363 g/mol. The fourth-order valence-corrected chi connectivity index (χ4v) is 3.28. The van der Waals surface area contributed by atoms with Gasteiger partial charge in [0.05, 0.1) is 15.6 Å². The summed E-state index contributed by atoms with van der Waals surface area (Å²) < 4.78 is 13.2. The minimum atomic E-state index is 0.139. The highest BCUT2D eigenvalue weighted by Gasteiger charge is 2.18. The van der Waals surface area contributed by atoms with Crippen molar-refractivity contribution in [3.8, 4) is 5.75 Å². The molecule has 0 saturated carbocycles. The molecule has 1 saturated heterocycles. The molecule has 1 aliphatic heterocycles. The van der Waals surface area contributed by atoms with Gasteiger partial charge in [-0.1, -0.05) is 0 Å². The highest BCUT2D eigenvalue weighted by molar-refractivity contribution is 9.11. The molecule has 1 atom stereocenters. The van der Waals surface area contributed by atoms with Crippen LogP contribution in [0.4, 0.5) is 0 Å². The van der Waals surface area contributed by atoms with Gasteiger partial charge in [-0.2, -0.15) is 0 Å². The highest BCUT2D eigenvalue weighted by Crippen LogP contribution is 2.36. The molecule has 1 unspecified atom stereocenters. The fourth-order valence-electron chi connectivity index (χ4n) is 1.81. The van der Waals surface area contributed by atoms with Crippen LogP contribution in [0.1, 0.15) is 18.4 Å². The van der Waals surface area contributed by atoms with Crippen LogP contribution < -0.4 is 10.5 Å². The number of hydrogen-bond donors (Lipinski definition) is 1. The van der Waals surface area contributed by atoms with E-state index in [0.717, 1.165) is 39.7 Å². The normalized spacial score (nSPS) is 20.3. The van der Waals surface area contributed by atoms with Gasteiger partial charge in [0.2, 0.25) is 0 Å². The number of halogens is 2. The van der Waals surface area contributed by atoms with Gasteiger partial charge in [-0.05, 0) is 62.4 Å². The van der Waals surface area contributed by atoms with Gasteiger partial charge in [-0.25, -0.2) is 0 Å². The van der Waals surface area contributed by atoms with Crippen LogP contribution in [0.3, 0.4) is 0 Å². The zero-order valence-corrected chi connectivity index (χ0v) is 12.6. The summed E-state index contributed by atoms with van der Waals surface area (Å²) in [5, 5.41) is 0. The fraction of sp³-hybridized carbons (Fsp3) is 0.500. The molecule has 17 heavy (non-hydrogen) atoms. The number of hydrogen-bond acceptors (Lipinski definition) is 3. The van der Waals surface area contributed by atoms with Gasteiger partial charge in [0.1, 0.15) is 11.9 Å². The molecule has 1 fully saturated rings. The van der Waals surface area contributed by atoms with Crippen LogP contribution in [0.15, 0.2) is 21.1 Å². The van der Waals surface area contributed by atoms with E-state index >= 15 is 0 Å². The topological polar surface area (TPSA) is 44.5 Å². The van der Waals surface area contributed by atoms with E-state index in [1.807, 2.05) is 12.1 Å². The molecule has 0 spiro atoms. The van der Waals surface area contributed by atoms with Crippen molar-refractivity contribution in [2.24, 2.45) is 5.73 Å². The first-order valence-electron chi connectivity index (χ1n) is 5.63. The number of benzene rings is 1. The summed E-state index contributed by atoms with van der Waals surface area (Å²) in [6.45, 7) is 2.02. The first-order valence-corrected chi connectivity index (χ1v) is 7.21. The average Bonchev–Trinajstić information content (AvgIpc) is 2.35. The Morgan fingerprint density at radius 3 is 2.59 bits per heavy atom. The van der Waals surface area contributed by atoms with Crippen molar-refractivity contribution < 1.29 is 9.47 Å². The molecule has 1 aromatic carbocycles. The second-order valence-electron chi connectivity index (χ2n) is 4.05. The standard InChI is InChI=1S/C12H15Br2NO2/c13-10-4-8(6-15)5-11(14)12(10)17-9-2-1-3-16-7-9/h4-5,9H,1-3,6-7,15H2. The summed E-state index contributed by atoms with van der Waals surface area (Å²) in [5.74, 6) is 0.831. The van der Waals surface area contributed by atoms with E-state index in [1.54, 1.807) is 0 Å². The third-order valence-electron chi connectivity index (χ3n) is 2.70. The minimum Gasteiger partial charge on any atom is -0.486 e. The van der Waals surface area contributed by atoms with Crippen molar-refractivity contribution in [2.45, 2.75) is 25.5 Å². The lowest BCUT2D eigenvalue weighted by Gasteiger charge is -2.24. The SMILES string of the molecule is NCc1cc(Br)c(OC2CCCOC2)c(Br)c1. The van der Waals surface area contributed by atoms with Crippen molar-refractivity contribution in [2.75, 3.05) is 13.2 Å². The van der Waals surface area contributed by atoms with Crippen LogP contribution in [0, 0.1) is 0 Å². The summed E-state index contributed by atoms with van der Waals surface area (Å²) in [4.78, 5) is 0. The summed E-state index contributed by atoms with van der Waals surface area (Å²) >= 11 is 7.03. The van der Waals surface area contributed by atoms with Crippen molar-refractivity contribution in [3.05, 3.63) is 26.6 Å². The third kappa shape index (κ3) is 3.44. The highest BCUT2D eigenvalue weighted by atomic mass is 79.9. The van der Waals surface area contributed by atoms with Crippen LogP contribution in [0.5, 0.6) is 5.75 Å². The lowest BCUT2D eigenvalue weighted by molar-refractivity contribution is 0.00678. The summed E-state index contributed by atoms with van der Waals surface area (Å²) in [6, 6.07) is 3.98. The Labute approximate surface area is 118 Å². The van der Waals surface area contributed by atoms with E-state index in [1.165, 1.54) is 0 Å². The molecule has 3 nitrogen and oxygen atoms in total. The minimum absolute atomic E-state index is 0.139. The average molecular weight is 365 g/mol. The molecule has 0 amide bonds. The molecule has 0 bridgehead atoms. The molecule has 1 aromatic rings. The second kappa shape index (κ2) is 6.18. The van der Waals surface area contributed by atoms with Crippen molar-refractivity contribution in [1.29, 1.82) is 0 Å². The van der Waals surface area contributed by atoms with Gasteiger partial charge < -0.3 is 15.2 Å². The van der Waals surface area contributed by atoms with Gasteiger partial charge in [0, 0.05) is 13.2 Å². The van der Waals surface area contributed by atoms with E-state index in [4.69, 9.17) is 15.2 Å². The van der Waals surface area contributed by atoms with Crippen LogP contribution >= 0.6 is 31.9 Å². The molecular weight excluding hydrogens is 350 g/mol. The number of ether oxygens (including phenoxy) is 2. The van der Waals surface area contributed by atoms with Gasteiger partial charge in [-0.3, -0.25) is 0 Å². The zero-order valence-electron chi connectivity index (χ0n) is 9.42. The smallest absolute Gasteiger partial charge is 0.148 e. The Balaban J connectivity index is 2.14. The Morgan fingerprint density at radius 1 is 1.35 bits per heavy atom. The van der Waals surface area contributed by atoms with E-state index in [2.05, 4.69) is 31.9 Å². The zero-order chi connectivity index (χ0) is 12.3. The van der Waals surface area contributed by atoms with Crippen molar-refractivity contribution in [1.82, 2.24) is 0 Å². The maximum atomic E-state index is 5.96. The molecule has 0 aromatic heterocycles. The van der Waals surface area contributed by atoms with E-state index in [0.29, 0.717) is 13.2 Å². The summed E-state index contributed by atoms with van der Waals surface area (Å²) in [6.07, 6.45) is 2.23. The molecular formula is C12H15Br2NO2. The largest absolute Gasteiger partial charge is 0.486 e. The van der Waals surface area contributed by atoms with Crippen LogP contribution in [0.25, 0.3) is 0 Å².